The van der Waals surface area contributed by atoms with Crippen LogP contribution in [0.2, 0.25) is 0 Å². The van der Waals surface area contributed by atoms with E-state index >= 15 is 0 Å². The Hall–Kier alpha value is -1.44. The Balaban J connectivity index is 2.33. The maximum atomic E-state index is 12.2. The quantitative estimate of drug-likeness (QED) is 0.839. The number of carboxylic acid groups (broad SMARTS) is 1. The molecule has 0 unspecified atom stereocenters. The molecule has 0 bridgehead atoms. The predicted octanol–water partition coefficient (Wildman–Crippen LogP) is 0.742. The molecule has 1 aliphatic rings. The highest BCUT2D eigenvalue weighted by molar-refractivity contribution is 7.87. The minimum atomic E-state index is -3.78. The molecule has 0 aromatic heterocycles. The van der Waals surface area contributed by atoms with E-state index in [9.17, 15) is 18.3 Å². The number of hydrogen-bond donors (Lipinski definition) is 2. The number of benzene rings is 1. The van der Waals surface area contributed by atoms with Gasteiger partial charge in [0.25, 0.3) is 10.2 Å². The molecular formula is C13H18N2O4S. The normalized spacial score (nSPS) is 19.6. The zero-order valence-electron chi connectivity index (χ0n) is 11.2. The van der Waals surface area contributed by atoms with Crippen molar-refractivity contribution in [3.63, 3.8) is 0 Å². The second-order valence-corrected chi connectivity index (χ2v) is 6.48. The predicted molar refractivity (Wildman–Crippen MR) is 74.3 cm³/mol. The standard InChI is InChI=1S/C13H18N2O4S/c1-2-7-14-20(18,19)15-9-11-6-4-3-5-10(11)8-12(15)13(16)17/h3-6,12,14H,2,7-9H2,1H3,(H,16,17)/t12-/m0/s1. The second kappa shape index (κ2) is 5.90. The van der Waals surface area contributed by atoms with Crippen molar-refractivity contribution in [3.8, 4) is 0 Å². The first-order valence-corrected chi connectivity index (χ1v) is 7.95. The van der Waals surface area contributed by atoms with Crippen molar-refractivity contribution in [1.82, 2.24) is 9.03 Å². The molecule has 2 N–H and O–H groups in total. The van der Waals surface area contributed by atoms with Crippen LogP contribution in [-0.2, 0) is 28.0 Å². The van der Waals surface area contributed by atoms with Crippen molar-refractivity contribution >= 4 is 16.2 Å². The summed E-state index contributed by atoms with van der Waals surface area (Å²) in [4.78, 5) is 11.4. The van der Waals surface area contributed by atoms with Gasteiger partial charge in [-0.3, -0.25) is 4.79 Å². The second-order valence-electron chi connectivity index (χ2n) is 4.77. The van der Waals surface area contributed by atoms with Gasteiger partial charge in [0, 0.05) is 19.5 Å². The van der Waals surface area contributed by atoms with Gasteiger partial charge in [0.15, 0.2) is 0 Å². The van der Waals surface area contributed by atoms with Gasteiger partial charge >= 0.3 is 5.97 Å². The molecule has 6 nitrogen and oxygen atoms in total. The monoisotopic (exact) mass is 298 g/mol. The number of aliphatic carboxylic acids is 1. The molecule has 1 atom stereocenters. The maximum Gasteiger partial charge on any atom is 0.322 e. The maximum absolute atomic E-state index is 12.2. The average molecular weight is 298 g/mol. The van der Waals surface area contributed by atoms with Gasteiger partial charge in [-0.05, 0) is 17.5 Å². The van der Waals surface area contributed by atoms with E-state index in [0.717, 1.165) is 15.4 Å². The SMILES string of the molecule is CCCNS(=O)(=O)N1Cc2ccccc2C[C@H]1C(=O)O. The largest absolute Gasteiger partial charge is 0.480 e. The van der Waals surface area contributed by atoms with E-state index < -0.39 is 22.2 Å². The molecule has 0 amide bonds. The fourth-order valence-corrected chi connectivity index (χ4v) is 3.71. The highest BCUT2D eigenvalue weighted by Gasteiger charge is 2.38. The third-order valence-electron chi connectivity index (χ3n) is 3.33. The van der Waals surface area contributed by atoms with Crippen LogP contribution < -0.4 is 4.72 Å². The molecule has 7 heteroatoms. The van der Waals surface area contributed by atoms with Crippen molar-refractivity contribution in [2.75, 3.05) is 6.54 Å². The molecule has 0 aliphatic carbocycles. The number of hydrogen-bond acceptors (Lipinski definition) is 3. The lowest BCUT2D eigenvalue weighted by molar-refractivity contribution is -0.141. The molecule has 1 aliphatic heterocycles. The highest BCUT2D eigenvalue weighted by atomic mass is 32.2. The summed E-state index contributed by atoms with van der Waals surface area (Å²) in [7, 11) is -3.78. The molecule has 0 saturated heterocycles. The lowest BCUT2D eigenvalue weighted by Gasteiger charge is -2.33. The molecule has 110 valence electrons. The minimum Gasteiger partial charge on any atom is -0.480 e. The van der Waals surface area contributed by atoms with Crippen molar-refractivity contribution in [3.05, 3.63) is 35.4 Å². The summed E-state index contributed by atoms with van der Waals surface area (Å²) in [5, 5.41) is 9.29. The minimum absolute atomic E-state index is 0.0895. The van der Waals surface area contributed by atoms with Crippen LogP contribution in [0.5, 0.6) is 0 Å². The number of rotatable bonds is 5. The summed E-state index contributed by atoms with van der Waals surface area (Å²) in [5.74, 6) is -1.12. The van der Waals surface area contributed by atoms with Gasteiger partial charge < -0.3 is 5.11 Å². The fourth-order valence-electron chi connectivity index (χ4n) is 2.28. The number of fused-ring (bicyclic) bond motifs is 1. The van der Waals surface area contributed by atoms with Gasteiger partial charge in [0.05, 0.1) is 0 Å². The zero-order valence-corrected chi connectivity index (χ0v) is 12.1. The van der Waals surface area contributed by atoms with Crippen molar-refractivity contribution in [2.45, 2.75) is 32.4 Å². The van der Waals surface area contributed by atoms with Gasteiger partial charge in [0.2, 0.25) is 0 Å². The van der Waals surface area contributed by atoms with Crippen LogP contribution >= 0.6 is 0 Å². The van der Waals surface area contributed by atoms with Gasteiger partial charge in [-0.1, -0.05) is 31.2 Å². The highest BCUT2D eigenvalue weighted by Crippen LogP contribution is 2.25. The van der Waals surface area contributed by atoms with E-state index in [1.807, 2.05) is 31.2 Å². The van der Waals surface area contributed by atoms with E-state index in [4.69, 9.17) is 0 Å². The van der Waals surface area contributed by atoms with E-state index in [0.29, 0.717) is 13.0 Å². The van der Waals surface area contributed by atoms with Crippen LogP contribution in [0.15, 0.2) is 24.3 Å². The molecule has 20 heavy (non-hydrogen) atoms. The first kappa shape index (κ1) is 15.0. The topological polar surface area (TPSA) is 86.7 Å². The number of carbonyl (C=O) groups is 1. The molecule has 0 spiro atoms. The Labute approximate surface area is 118 Å². The summed E-state index contributed by atoms with van der Waals surface area (Å²) >= 11 is 0. The molecular weight excluding hydrogens is 280 g/mol. The van der Waals surface area contributed by atoms with Crippen LogP contribution in [0, 0.1) is 0 Å². The molecule has 0 saturated carbocycles. The van der Waals surface area contributed by atoms with Crippen LogP contribution in [0.1, 0.15) is 24.5 Å². The number of nitrogens with one attached hydrogen (secondary N) is 1. The van der Waals surface area contributed by atoms with Gasteiger partial charge in [-0.25, -0.2) is 4.72 Å². The van der Waals surface area contributed by atoms with Gasteiger partial charge in [0.1, 0.15) is 6.04 Å². The summed E-state index contributed by atoms with van der Waals surface area (Å²) in [6.45, 7) is 2.24. The zero-order chi connectivity index (χ0) is 14.8. The van der Waals surface area contributed by atoms with Crippen LogP contribution in [0.3, 0.4) is 0 Å². The van der Waals surface area contributed by atoms with Crippen molar-refractivity contribution in [2.24, 2.45) is 0 Å². The fraction of sp³-hybridized carbons (Fsp3) is 0.462. The van der Waals surface area contributed by atoms with Crippen LogP contribution in [0.25, 0.3) is 0 Å². The summed E-state index contributed by atoms with van der Waals surface area (Å²) in [6.07, 6.45) is 0.847. The molecule has 1 aromatic rings. The Morgan fingerprint density at radius 2 is 2.05 bits per heavy atom. The van der Waals surface area contributed by atoms with E-state index in [2.05, 4.69) is 4.72 Å². The number of carboxylic acids is 1. The lowest BCUT2D eigenvalue weighted by Crippen LogP contribution is -2.52. The third kappa shape index (κ3) is 3.00. The Bertz CT molecular complexity index is 600. The van der Waals surface area contributed by atoms with Gasteiger partial charge in [-0.2, -0.15) is 12.7 Å². The first-order valence-electron chi connectivity index (χ1n) is 6.51. The van der Waals surface area contributed by atoms with E-state index in [1.54, 1.807) is 0 Å². The molecule has 1 aromatic carbocycles. The van der Waals surface area contributed by atoms with Crippen LogP contribution in [0.4, 0.5) is 0 Å². The first-order chi connectivity index (χ1) is 9.45. The average Bonchev–Trinajstić information content (AvgIpc) is 2.43. The molecule has 0 fully saturated rings. The summed E-state index contributed by atoms with van der Waals surface area (Å²) in [5.41, 5.74) is 1.74. The third-order valence-corrected chi connectivity index (χ3v) is 4.90. The van der Waals surface area contributed by atoms with E-state index in [1.165, 1.54) is 0 Å². The summed E-state index contributed by atoms with van der Waals surface area (Å²) in [6, 6.07) is 6.27. The Morgan fingerprint density at radius 3 is 2.65 bits per heavy atom. The van der Waals surface area contributed by atoms with Gasteiger partial charge in [-0.15, -0.1) is 0 Å². The Morgan fingerprint density at radius 1 is 1.40 bits per heavy atom. The van der Waals surface area contributed by atoms with E-state index in [-0.39, 0.29) is 13.0 Å². The Kier molecular flexibility index (Phi) is 4.42. The molecule has 1 heterocycles. The smallest absolute Gasteiger partial charge is 0.322 e. The van der Waals surface area contributed by atoms with Crippen molar-refractivity contribution in [1.29, 1.82) is 0 Å². The molecule has 2 rings (SSSR count). The number of nitrogens with zero attached hydrogens (tertiary/aromatic N) is 1. The van der Waals surface area contributed by atoms with Crippen molar-refractivity contribution < 1.29 is 18.3 Å². The van der Waals surface area contributed by atoms with Crippen LogP contribution in [-0.4, -0.2) is 36.4 Å². The lowest BCUT2D eigenvalue weighted by atomic mass is 9.96. The molecule has 0 radical (unpaired) electrons. The summed E-state index contributed by atoms with van der Waals surface area (Å²) < 4.78 is 27.9.